The van der Waals surface area contributed by atoms with E-state index in [0.29, 0.717) is 12.4 Å². The maximum atomic E-state index is 13.9. The Bertz CT molecular complexity index is 989. The lowest BCUT2D eigenvalue weighted by molar-refractivity contribution is -0.148. The van der Waals surface area contributed by atoms with Crippen LogP contribution in [-0.2, 0) is 20.9 Å². The zero-order valence-corrected chi connectivity index (χ0v) is 18.7. The molecule has 2 heterocycles. The highest BCUT2D eigenvalue weighted by molar-refractivity contribution is 6.09. The fraction of sp³-hybridized carbons (Fsp3) is 0.440. The number of carbonyl (C=O) groups excluding carboxylic acids is 3. The molecule has 0 spiro atoms. The summed E-state index contributed by atoms with van der Waals surface area (Å²) >= 11 is 0. The summed E-state index contributed by atoms with van der Waals surface area (Å²) < 4.78 is 0. The molecule has 168 valence electrons. The number of aliphatic imine (C=N–C) groups is 1. The standard InChI is InChI=1S/C25H30N4O3/c1-18-10-12-19(13-11-18)16-26-23(31)17-28(20-7-3-4-8-20)24(32)25(2)15-22(30)27-21-9-5-6-14-29(21)25/h5-6,9-14,20H,3-4,7-8,15-17H2,1-2H3,(H,26,31)/t25-/m0/s1. The number of amidine groups is 1. The Hall–Kier alpha value is -3.22. The monoisotopic (exact) mass is 434 g/mol. The zero-order chi connectivity index (χ0) is 22.7. The van der Waals surface area contributed by atoms with Gasteiger partial charge >= 0.3 is 0 Å². The molecule has 1 aromatic carbocycles. The van der Waals surface area contributed by atoms with Crippen molar-refractivity contribution in [3.05, 3.63) is 59.8 Å². The maximum absolute atomic E-state index is 13.9. The van der Waals surface area contributed by atoms with Crippen LogP contribution in [0.3, 0.4) is 0 Å². The lowest BCUT2D eigenvalue weighted by Crippen LogP contribution is -2.63. The van der Waals surface area contributed by atoms with Gasteiger partial charge in [-0.2, -0.15) is 4.99 Å². The summed E-state index contributed by atoms with van der Waals surface area (Å²) in [7, 11) is 0. The van der Waals surface area contributed by atoms with Crippen LogP contribution in [0.5, 0.6) is 0 Å². The highest BCUT2D eigenvalue weighted by Gasteiger charge is 2.48. The second-order valence-corrected chi connectivity index (χ2v) is 9.02. The van der Waals surface area contributed by atoms with Crippen molar-refractivity contribution in [1.82, 2.24) is 15.1 Å². The van der Waals surface area contributed by atoms with Crippen molar-refractivity contribution in [3.63, 3.8) is 0 Å². The van der Waals surface area contributed by atoms with E-state index in [1.165, 1.54) is 0 Å². The lowest BCUT2D eigenvalue weighted by atomic mass is 9.89. The van der Waals surface area contributed by atoms with Gasteiger partial charge in [-0.05, 0) is 44.4 Å². The van der Waals surface area contributed by atoms with Gasteiger partial charge < -0.3 is 15.1 Å². The largest absolute Gasteiger partial charge is 0.350 e. The molecule has 7 nitrogen and oxygen atoms in total. The van der Waals surface area contributed by atoms with Crippen LogP contribution >= 0.6 is 0 Å². The predicted molar refractivity (Wildman–Crippen MR) is 123 cm³/mol. The summed E-state index contributed by atoms with van der Waals surface area (Å²) in [6, 6.07) is 8.00. The summed E-state index contributed by atoms with van der Waals surface area (Å²) in [6.45, 7) is 4.20. The normalized spacial score (nSPS) is 22.5. The number of benzene rings is 1. The van der Waals surface area contributed by atoms with Crippen molar-refractivity contribution in [2.75, 3.05) is 6.54 Å². The van der Waals surface area contributed by atoms with Gasteiger partial charge in [0.05, 0.1) is 13.0 Å². The maximum Gasteiger partial charge on any atom is 0.250 e. The quantitative estimate of drug-likeness (QED) is 0.746. The van der Waals surface area contributed by atoms with Crippen LogP contribution in [0, 0.1) is 6.92 Å². The fourth-order valence-electron chi connectivity index (χ4n) is 4.68. The highest BCUT2D eigenvalue weighted by atomic mass is 16.2. The van der Waals surface area contributed by atoms with E-state index in [-0.39, 0.29) is 36.7 Å². The van der Waals surface area contributed by atoms with Crippen LogP contribution in [0.1, 0.15) is 50.2 Å². The Morgan fingerprint density at radius 1 is 1.19 bits per heavy atom. The van der Waals surface area contributed by atoms with Crippen LogP contribution < -0.4 is 5.32 Å². The molecule has 1 saturated carbocycles. The van der Waals surface area contributed by atoms with Crippen LogP contribution in [0.15, 0.2) is 53.7 Å². The first-order valence-corrected chi connectivity index (χ1v) is 11.3. The van der Waals surface area contributed by atoms with E-state index < -0.39 is 5.54 Å². The molecule has 0 saturated heterocycles. The molecule has 2 aliphatic heterocycles. The van der Waals surface area contributed by atoms with Crippen LogP contribution in [0.25, 0.3) is 0 Å². The third-order valence-corrected chi connectivity index (χ3v) is 6.52. The van der Waals surface area contributed by atoms with Gasteiger partial charge in [0.1, 0.15) is 11.4 Å². The molecular formula is C25H30N4O3. The minimum atomic E-state index is -1.10. The molecule has 4 rings (SSSR count). The van der Waals surface area contributed by atoms with E-state index in [2.05, 4.69) is 10.3 Å². The number of hydrogen-bond donors (Lipinski definition) is 1. The molecule has 7 heteroatoms. The number of fused-ring (bicyclic) bond motifs is 1. The smallest absolute Gasteiger partial charge is 0.250 e. The van der Waals surface area contributed by atoms with Gasteiger partial charge in [0.25, 0.3) is 5.91 Å². The van der Waals surface area contributed by atoms with Gasteiger partial charge in [0.2, 0.25) is 11.8 Å². The average molecular weight is 435 g/mol. The minimum Gasteiger partial charge on any atom is -0.350 e. The highest BCUT2D eigenvalue weighted by Crippen LogP contribution is 2.33. The molecule has 0 aromatic heterocycles. The van der Waals surface area contributed by atoms with Crippen LogP contribution in [0.4, 0.5) is 0 Å². The lowest BCUT2D eigenvalue weighted by Gasteiger charge is -2.45. The van der Waals surface area contributed by atoms with Gasteiger partial charge in [-0.15, -0.1) is 0 Å². The number of nitrogens with one attached hydrogen (secondary N) is 1. The summed E-state index contributed by atoms with van der Waals surface area (Å²) in [5, 5.41) is 2.95. The number of rotatable bonds is 6. The first-order valence-electron chi connectivity index (χ1n) is 11.3. The fourth-order valence-corrected chi connectivity index (χ4v) is 4.68. The van der Waals surface area contributed by atoms with Crippen LogP contribution in [-0.4, -0.2) is 51.5 Å². The molecule has 0 bridgehead atoms. The molecular weight excluding hydrogens is 404 g/mol. The molecule has 3 amide bonds. The van der Waals surface area contributed by atoms with E-state index in [1.54, 1.807) is 35.1 Å². The summed E-state index contributed by atoms with van der Waals surface area (Å²) in [5.41, 5.74) is 1.08. The molecule has 0 radical (unpaired) electrons. The van der Waals surface area contributed by atoms with Crippen molar-refractivity contribution in [2.45, 2.75) is 64.1 Å². The van der Waals surface area contributed by atoms with Crippen molar-refractivity contribution >= 4 is 23.6 Å². The molecule has 3 aliphatic rings. The number of allylic oxidation sites excluding steroid dienone is 2. The summed E-state index contributed by atoms with van der Waals surface area (Å²) in [6.07, 6.45) is 10.9. The van der Waals surface area contributed by atoms with Crippen molar-refractivity contribution < 1.29 is 14.4 Å². The Morgan fingerprint density at radius 2 is 1.91 bits per heavy atom. The minimum absolute atomic E-state index is 0.00572. The molecule has 0 unspecified atom stereocenters. The first-order chi connectivity index (χ1) is 15.4. The van der Waals surface area contributed by atoms with Gasteiger partial charge in [-0.3, -0.25) is 14.4 Å². The first kappa shape index (κ1) is 22.0. The summed E-state index contributed by atoms with van der Waals surface area (Å²) in [5.74, 6) is -0.243. The second kappa shape index (κ2) is 9.10. The molecule has 1 aliphatic carbocycles. The van der Waals surface area contributed by atoms with Gasteiger partial charge in [-0.25, -0.2) is 0 Å². The van der Waals surface area contributed by atoms with E-state index in [9.17, 15) is 14.4 Å². The van der Waals surface area contributed by atoms with Crippen molar-refractivity contribution in [2.24, 2.45) is 4.99 Å². The van der Waals surface area contributed by atoms with E-state index in [4.69, 9.17) is 0 Å². The topological polar surface area (TPSA) is 82.1 Å². The van der Waals surface area contributed by atoms with E-state index in [0.717, 1.165) is 36.8 Å². The number of amides is 3. The number of aryl methyl sites for hydroxylation is 1. The Morgan fingerprint density at radius 3 is 2.62 bits per heavy atom. The number of hydrogen-bond acceptors (Lipinski definition) is 4. The van der Waals surface area contributed by atoms with E-state index >= 15 is 0 Å². The Labute approximate surface area is 188 Å². The molecule has 1 fully saturated rings. The van der Waals surface area contributed by atoms with Crippen molar-refractivity contribution in [3.8, 4) is 0 Å². The Balaban J connectivity index is 1.51. The summed E-state index contributed by atoms with van der Waals surface area (Å²) in [4.78, 5) is 46.7. The predicted octanol–water partition coefficient (Wildman–Crippen LogP) is 2.86. The van der Waals surface area contributed by atoms with Gasteiger partial charge in [0, 0.05) is 18.8 Å². The third kappa shape index (κ3) is 4.52. The van der Waals surface area contributed by atoms with Crippen molar-refractivity contribution in [1.29, 1.82) is 0 Å². The SMILES string of the molecule is Cc1ccc(CNC(=O)CN(C(=O)[C@]2(C)CC(=O)N=C3C=CC=CN32)C2CCCC2)cc1. The Kier molecular flexibility index (Phi) is 6.26. The van der Waals surface area contributed by atoms with E-state index in [1.807, 2.05) is 37.3 Å². The van der Waals surface area contributed by atoms with Crippen LogP contribution in [0.2, 0.25) is 0 Å². The molecule has 1 N–H and O–H groups in total. The number of carbonyl (C=O) groups is 3. The average Bonchev–Trinajstić information content (AvgIpc) is 3.31. The molecule has 1 atom stereocenters. The third-order valence-electron chi connectivity index (χ3n) is 6.52. The number of nitrogens with zero attached hydrogens (tertiary/aromatic N) is 3. The molecule has 1 aromatic rings. The molecule has 32 heavy (non-hydrogen) atoms. The van der Waals surface area contributed by atoms with Gasteiger partial charge in [0.15, 0.2) is 0 Å². The van der Waals surface area contributed by atoms with Gasteiger partial charge in [-0.1, -0.05) is 48.7 Å². The zero-order valence-electron chi connectivity index (χ0n) is 18.7. The second-order valence-electron chi connectivity index (χ2n) is 9.02.